The van der Waals surface area contributed by atoms with Gasteiger partial charge in [-0.25, -0.2) is 4.98 Å². The first-order valence-corrected chi connectivity index (χ1v) is 9.33. The minimum atomic E-state index is -4.69. The average Bonchev–Trinajstić information content (AvgIpc) is 2.99. The van der Waals surface area contributed by atoms with E-state index in [0.717, 1.165) is 54.5 Å². The van der Waals surface area contributed by atoms with Gasteiger partial charge in [0.25, 0.3) is 0 Å². The summed E-state index contributed by atoms with van der Waals surface area (Å²) in [5.41, 5.74) is 9.26. The van der Waals surface area contributed by atoms with E-state index in [-0.39, 0.29) is 5.75 Å². The van der Waals surface area contributed by atoms with Gasteiger partial charge >= 0.3 is 6.36 Å². The quantitative estimate of drug-likeness (QED) is 0.726. The summed E-state index contributed by atoms with van der Waals surface area (Å²) in [5, 5.41) is 0. The molecule has 0 bridgehead atoms. The maximum atomic E-state index is 12.4. The number of fused-ring (bicyclic) bond motifs is 1. The summed E-state index contributed by atoms with van der Waals surface area (Å²) in [6.07, 6.45) is -3.86. The Balaban J connectivity index is 1.53. The van der Waals surface area contributed by atoms with Crippen molar-refractivity contribution >= 4 is 5.69 Å². The fourth-order valence-electron chi connectivity index (χ4n) is 3.69. The number of rotatable bonds is 4. The lowest BCUT2D eigenvalue weighted by atomic mass is 10.1. The van der Waals surface area contributed by atoms with Gasteiger partial charge in [0.2, 0.25) is 0 Å². The summed E-state index contributed by atoms with van der Waals surface area (Å²) in [4.78, 5) is 7.10. The van der Waals surface area contributed by atoms with Gasteiger partial charge in [-0.05, 0) is 30.3 Å². The normalized spacial score (nSPS) is 14.7. The van der Waals surface area contributed by atoms with Crippen molar-refractivity contribution in [1.29, 1.82) is 0 Å². The van der Waals surface area contributed by atoms with Crippen molar-refractivity contribution in [2.24, 2.45) is 7.05 Å². The van der Waals surface area contributed by atoms with Crippen molar-refractivity contribution in [3.8, 4) is 17.1 Å². The third-order valence-electron chi connectivity index (χ3n) is 5.19. The fourth-order valence-corrected chi connectivity index (χ4v) is 3.69. The second kappa shape index (κ2) is 7.53. The Hall–Kier alpha value is -2.84. The third-order valence-corrected chi connectivity index (χ3v) is 5.19. The molecule has 2 aromatic carbocycles. The van der Waals surface area contributed by atoms with E-state index in [9.17, 15) is 13.2 Å². The number of ether oxygens (including phenoxy) is 1. The molecule has 1 aliphatic rings. The van der Waals surface area contributed by atoms with Crippen molar-refractivity contribution in [2.45, 2.75) is 25.9 Å². The highest BCUT2D eigenvalue weighted by Crippen LogP contribution is 2.29. The van der Waals surface area contributed by atoms with Crippen LogP contribution in [0.25, 0.3) is 11.4 Å². The van der Waals surface area contributed by atoms with Gasteiger partial charge in [-0.15, -0.1) is 13.2 Å². The van der Waals surface area contributed by atoms with E-state index in [1.165, 1.54) is 17.7 Å². The van der Waals surface area contributed by atoms with E-state index in [1.54, 1.807) is 12.1 Å². The molecule has 1 aromatic heterocycles. The third kappa shape index (κ3) is 4.28. The first-order chi connectivity index (χ1) is 13.8. The molecule has 2 heterocycles. The lowest BCUT2D eigenvalue weighted by molar-refractivity contribution is -0.274. The van der Waals surface area contributed by atoms with E-state index in [4.69, 9.17) is 4.98 Å². The van der Waals surface area contributed by atoms with E-state index in [2.05, 4.69) is 21.4 Å². The maximum absolute atomic E-state index is 12.4. The van der Waals surface area contributed by atoms with Crippen molar-refractivity contribution in [3.63, 3.8) is 0 Å². The van der Waals surface area contributed by atoms with Gasteiger partial charge in [0.15, 0.2) is 0 Å². The molecule has 0 spiro atoms. The number of hydrogen-bond acceptors (Lipinski definition) is 3. The zero-order valence-electron chi connectivity index (χ0n) is 16.0. The summed E-state index contributed by atoms with van der Waals surface area (Å²) >= 11 is 0. The minimum Gasteiger partial charge on any atom is -0.406 e. The molecule has 1 aliphatic heterocycles. The predicted octanol–water partition coefficient (Wildman–Crippen LogP) is 3.42. The SMILES string of the molecule is Cn1c(-c2ccc(OC(F)(F)F)cc2)nc2c1CN(Cc1ccccc1[NH3+])CC2. The summed E-state index contributed by atoms with van der Waals surface area (Å²) in [6.45, 7) is 2.49. The molecule has 152 valence electrons. The standard InChI is InChI=1S/C21H21F3N4O/c1-27-19-13-28(12-15-4-2-3-5-17(15)25)11-10-18(19)26-20(27)14-6-8-16(9-7-14)29-21(22,23)24/h2-9H,10-13,25H2,1H3/p+1. The molecule has 0 amide bonds. The van der Waals surface area contributed by atoms with E-state index in [0.29, 0.717) is 0 Å². The highest BCUT2D eigenvalue weighted by Gasteiger charge is 2.31. The van der Waals surface area contributed by atoms with E-state index in [1.807, 2.05) is 29.8 Å². The molecular formula is C21H22F3N4O+. The number of imidazole rings is 1. The molecule has 3 N–H and O–H groups in total. The first-order valence-electron chi connectivity index (χ1n) is 9.33. The molecule has 5 nitrogen and oxygen atoms in total. The lowest BCUT2D eigenvalue weighted by Gasteiger charge is -2.27. The number of alkyl halides is 3. The first kappa shape index (κ1) is 19.5. The van der Waals surface area contributed by atoms with Crippen molar-refractivity contribution in [2.75, 3.05) is 6.54 Å². The van der Waals surface area contributed by atoms with Crippen LogP contribution in [0.4, 0.5) is 18.9 Å². The second-order valence-electron chi connectivity index (χ2n) is 7.19. The van der Waals surface area contributed by atoms with Crippen LogP contribution < -0.4 is 10.5 Å². The highest BCUT2D eigenvalue weighted by atomic mass is 19.4. The Morgan fingerprint density at radius 3 is 2.52 bits per heavy atom. The number of hydrogen-bond donors (Lipinski definition) is 1. The zero-order chi connectivity index (χ0) is 20.6. The summed E-state index contributed by atoms with van der Waals surface area (Å²) in [7, 11) is 1.94. The van der Waals surface area contributed by atoms with Crippen LogP contribution in [0.2, 0.25) is 0 Å². The number of halogens is 3. The van der Waals surface area contributed by atoms with Gasteiger partial charge in [-0.2, -0.15) is 0 Å². The van der Waals surface area contributed by atoms with Gasteiger partial charge in [-0.1, -0.05) is 18.2 Å². The molecule has 4 rings (SSSR count). The summed E-state index contributed by atoms with van der Waals surface area (Å²) in [6, 6.07) is 13.9. The molecule has 0 fully saturated rings. The fraction of sp³-hybridized carbons (Fsp3) is 0.286. The number of benzene rings is 2. The Morgan fingerprint density at radius 2 is 1.83 bits per heavy atom. The van der Waals surface area contributed by atoms with Gasteiger partial charge in [-0.3, -0.25) is 4.90 Å². The van der Waals surface area contributed by atoms with Crippen molar-refractivity contribution in [3.05, 3.63) is 65.5 Å². The van der Waals surface area contributed by atoms with Crippen LogP contribution in [0.15, 0.2) is 48.5 Å². The van der Waals surface area contributed by atoms with Crippen LogP contribution in [0.3, 0.4) is 0 Å². The summed E-state index contributed by atoms with van der Waals surface area (Å²) < 4.78 is 43.0. The van der Waals surface area contributed by atoms with Crippen LogP contribution >= 0.6 is 0 Å². The van der Waals surface area contributed by atoms with Crippen LogP contribution in [0.5, 0.6) is 5.75 Å². The molecule has 0 saturated heterocycles. The monoisotopic (exact) mass is 403 g/mol. The Morgan fingerprint density at radius 1 is 1.10 bits per heavy atom. The smallest absolute Gasteiger partial charge is 0.406 e. The minimum absolute atomic E-state index is 0.238. The highest BCUT2D eigenvalue weighted by molar-refractivity contribution is 5.58. The second-order valence-corrected chi connectivity index (χ2v) is 7.19. The van der Waals surface area contributed by atoms with E-state index < -0.39 is 6.36 Å². The van der Waals surface area contributed by atoms with Crippen molar-refractivity contribution in [1.82, 2.24) is 14.5 Å². The molecule has 0 aliphatic carbocycles. The molecular weight excluding hydrogens is 381 g/mol. The molecule has 0 radical (unpaired) electrons. The topological polar surface area (TPSA) is 57.9 Å². The summed E-state index contributed by atoms with van der Waals surface area (Å²) in [5.74, 6) is 0.506. The number of quaternary nitrogens is 1. The Kier molecular flexibility index (Phi) is 5.06. The number of nitrogens with zero attached hydrogens (tertiary/aromatic N) is 3. The largest absolute Gasteiger partial charge is 0.573 e. The van der Waals surface area contributed by atoms with Crippen LogP contribution in [0.1, 0.15) is 17.0 Å². The van der Waals surface area contributed by atoms with Gasteiger partial charge in [0.05, 0.1) is 11.4 Å². The molecule has 29 heavy (non-hydrogen) atoms. The Labute approximate surface area is 166 Å². The zero-order valence-corrected chi connectivity index (χ0v) is 16.0. The Bertz CT molecular complexity index is 1010. The van der Waals surface area contributed by atoms with Crippen molar-refractivity contribution < 1.29 is 23.6 Å². The molecule has 3 aromatic rings. The van der Waals surface area contributed by atoms with Crippen LogP contribution in [-0.2, 0) is 26.6 Å². The van der Waals surface area contributed by atoms with Gasteiger partial charge in [0, 0.05) is 44.2 Å². The average molecular weight is 403 g/mol. The van der Waals surface area contributed by atoms with Gasteiger partial charge in [0.1, 0.15) is 17.3 Å². The van der Waals surface area contributed by atoms with E-state index >= 15 is 0 Å². The molecule has 0 atom stereocenters. The van der Waals surface area contributed by atoms with Crippen LogP contribution in [0, 0.1) is 0 Å². The molecule has 0 saturated carbocycles. The lowest BCUT2D eigenvalue weighted by Crippen LogP contribution is -2.42. The van der Waals surface area contributed by atoms with Gasteiger partial charge < -0.3 is 15.0 Å². The molecule has 0 unspecified atom stereocenters. The van der Waals surface area contributed by atoms with Crippen LogP contribution in [-0.4, -0.2) is 27.4 Å². The predicted molar refractivity (Wildman–Crippen MR) is 102 cm³/mol. The molecule has 8 heteroatoms. The maximum Gasteiger partial charge on any atom is 0.573 e. The number of aromatic nitrogens is 2.